The van der Waals surface area contributed by atoms with Gasteiger partial charge in [-0.2, -0.15) is 0 Å². The van der Waals surface area contributed by atoms with E-state index in [9.17, 15) is 14.9 Å². The van der Waals surface area contributed by atoms with Crippen LogP contribution in [0.25, 0.3) is 0 Å². The number of rotatable bonds is 5. The molecule has 1 amide bonds. The molecule has 1 aromatic carbocycles. The monoisotopic (exact) mass is 275 g/mol. The normalized spacial score (nSPS) is 11.3. The van der Waals surface area contributed by atoms with Gasteiger partial charge in [0.25, 0.3) is 11.6 Å². The Morgan fingerprint density at radius 1 is 1.55 bits per heavy atom. The van der Waals surface area contributed by atoms with E-state index < -0.39 is 4.92 Å². The van der Waals surface area contributed by atoms with Gasteiger partial charge in [0, 0.05) is 38.2 Å². The summed E-state index contributed by atoms with van der Waals surface area (Å²) >= 11 is 0. The van der Waals surface area contributed by atoms with Crippen molar-refractivity contribution in [1.82, 2.24) is 4.90 Å². The van der Waals surface area contributed by atoms with Crippen molar-refractivity contribution in [1.29, 1.82) is 0 Å². The fourth-order valence-corrected chi connectivity index (χ4v) is 1.69. The number of hydrogen-bond donors (Lipinski definition) is 1. The first kappa shape index (κ1) is 15.5. The second-order valence-corrected chi connectivity index (χ2v) is 4.64. The molecule has 0 spiro atoms. The first-order valence-electron chi connectivity index (χ1n) is 6.07. The third-order valence-electron chi connectivity index (χ3n) is 2.67. The summed E-state index contributed by atoms with van der Waals surface area (Å²) in [5.41, 5.74) is 0.492. The van der Waals surface area contributed by atoms with Gasteiger partial charge in [-0.25, -0.2) is 0 Å². The highest BCUT2D eigenvalue weighted by Gasteiger charge is 2.19. The van der Waals surface area contributed by atoms with E-state index in [1.165, 1.54) is 17.0 Å². The van der Waals surface area contributed by atoms with Crippen molar-refractivity contribution in [2.24, 2.45) is 0 Å². The summed E-state index contributed by atoms with van der Waals surface area (Å²) in [5, 5.41) is 14.1. The van der Waals surface area contributed by atoms with Gasteiger partial charge in [-0.1, -0.05) is 0 Å². The summed E-state index contributed by atoms with van der Waals surface area (Å²) in [6.07, 6.45) is 5.66. The smallest absolute Gasteiger partial charge is 0.293 e. The zero-order valence-corrected chi connectivity index (χ0v) is 11.7. The number of carbonyl (C=O) groups excluding carboxylic acids is 1. The van der Waals surface area contributed by atoms with Crippen LogP contribution in [0.5, 0.6) is 0 Å². The number of hydrogen-bond acceptors (Lipinski definition) is 4. The van der Waals surface area contributed by atoms with E-state index in [1.54, 1.807) is 20.2 Å². The highest BCUT2D eigenvalue weighted by molar-refractivity contribution is 5.95. The zero-order valence-electron chi connectivity index (χ0n) is 11.7. The van der Waals surface area contributed by atoms with Crippen LogP contribution in [0.15, 0.2) is 18.2 Å². The molecule has 0 saturated heterocycles. The molecule has 1 atom stereocenters. The molecule has 6 nitrogen and oxygen atoms in total. The van der Waals surface area contributed by atoms with Gasteiger partial charge in [0.1, 0.15) is 5.69 Å². The lowest BCUT2D eigenvalue weighted by molar-refractivity contribution is -0.384. The molecular formula is C14H17N3O3. The van der Waals surface area contributed by atoms with Crippen LogP contribution in [0.1, 0.15) is 23.7 Å². The molecule has 0 aromatic heterocycles. The molecule has 1 N–H and O–H groups in total. The predicted octanol–water partition coefficient (Wildman–Crippen LogP) is 2.12. The number of terminal acetylenes is 1. The van der Waals surface area contributed by atoms with Crippen LogP contribution in [0, 0.1) is 22.5 Å². The number of nitro groups is 1. The maximum absolute atomic E-state index is 11.8. The lowest BCUT2D eigenvalue weighted by Gasteiger charge is -2.14. The molecule has 0 aliphatic carbocycles. The number of nitro benzene ring substituents is 1. The lowest BCUT2D eigenvalue weighted by Crippen LogP contribution is -2.22. The highest BCUT2D eigenvalue weighted by Crippen LogP contribution is 2.27. The predicted molar refractivity (Wildman–Crippen MR) is 77.6 cm³/mol. The molecule has 0 aliphatic rings. The quantitative estimate of drug-likeness (QED) is 0.507. The van der Waals surface area contributed by atoms with E-state index in [0.717, 1.165) is 0 Å². The van der Waals surface area contributed by atoms with Crippen LogP contribution in [0.4, 0.5) is 11.4 Å². The van der Waals surface area contributed by atoms with Crippen LogP contribution < -0.4 is 5.32 Å². The molecular weight excluding hydrogens is 258 g/mol. The zero-order chi connectivity index (χ0) is 15.3. The van der Waals surface area contributed by atoms with Crippen molar-refractivity contribution in [2.75, 3.05) is 19.4 Å². The molecule has 106 valence electrons. The minimum absolute atomic E-state index is 0.0888. The molecule has 1 aromatic rings. The largest absolute Gasteiger partial charge is 0.376 e. The highest BCUT2D eigenvalue weighted by atomic mass is 16.6. The van der Waals surface area contributed by atoms with E-state index in [4.69, 9.17) is 6.42 Å². The van der Waals surface area contributed by atoms with Gasteiger partial charge in [-0.3, -0.25) is 14.9 Å². The third-order valence-corrected chi connectivity index (χ3v) is 2.67. The van der Waals surface area contributed by atoms with Crippen molar-refractivity contribution in [2.45, 2.75) is 19.4 Å². The summed E-state index contributed by atoms with van der Waals surface area (Å²) < 4.78 is 0. The molecule has 0 fully saturated rings. The molecule has 0 saturated carbocycles. The van der Waals surface area contributed by atoms with E-state index in [-0.39, 0.29) is 23.2 Å². The number of amides is 1. The number of nitrogens with zero attached hydrogens (tertiary/aromatic N) is 2. The molecule has 1 unspecified atom stereocenters. The van der Waals surface area contributed by atoms with Gasteiger partial charge in [-0.05, 0) is 19.1 Å². The first-order chi connectivity index (χ1) is 9.36. The molecule has 0 heterocycles. The first-order valence-corrected chi connectivity index (χ1v) is 6.07. The summed E-state index contributed by atoms with van der Waals surface area (Å²) in [7, 11) is 3.19. The summed E-state index contributed by atoms with van der Waals surface area (Å²) in [4.78, 5) is 23.8. The molecule has 0 aliphatic heterocycles. The second kappa shape index (κ2) is 6.57. The van der Waals surface area contributed by atoms with Crippen LogP contribution >= 0.6 is 0 Å². The molecule has 0 bridgehead atoms. The van der Waals surface area contributed by atoms with Crippen molar-refractivity contribution in [3.8, 4) is 12.3 Å². The Labute approximate surface area is 117 Å². The van der Waals surface area contributed by atoms with E-state index in [1.807, 2.05) is 6.92 Å². The fourth-order valence-electron chi connectivity index (χ4n) is 1.69. The van der Waals surface area contributed by atoms with Crippen LogP contribution in [-0.2, 0) is 0 Å². The maximum Gasteiger partial charge on any atom is 0.293 e. The molecule has 1 rings (SSSR count). The van der Waals surface area contributed by atoms with Gasteiger partial charge < -0.3 is 10.2 Å². The fraction of sp³-hybridized carbons (Fsp3) is 0.357. The average Bonchev–Trinajstić information content (AvgIpc) is 2.38. The van der Waals surface area contributed by atoms with Gasteiger partial charge in [0.2, 0.25) is 0 Å². The van der Waals surface area contributed by atoms with Crippen LogP contribution in [-0.4, -0.2) is 35.9 Å². The number of anilines is 1. The minimum Gasteiger partial charge on any atom is -0.376 e. The summed E-state index contributed by atoms with van der Waals surface area (Å²) in [6.45, 7) is 1.84. The second-order valence-electron chi connectivity index (χ2n) is 4.64. The molecule has 0 radical (unpaired) electrons. The van der Waals surface area contributed by atoms with Gasteiger partial charge >= 0.3 is 0 Å². The van der Waals surface area contributed by atoms with Gasteiger partial charge in [0.15, 0.2) is 0 Å². The Hall–Kier alpha value is -2.55. The number of benzene rings is 1. The van der Waals surface area contributed by atoms with E-state index in [0.29, 0.717) is 12.1 Å². The van der Waals surface area contributed by atoms with E-state index in [2.05, 4.69) is 11.2 Å². The van der Waals surface area contributed by atoms with Gasteiger partial charge in [-0.15, -0.1) is 12.3 Å². The maximum atomic E-state index is 11.8. The van der Waals surface area contributed by atoms with Crippen molar-refractivity contribution < 1.29 is 9.72 Å². The van der Waals surface area contributed by atoms with Crippen molar-refractivity contribution in [3.05, 3.63) is 33.9 Å². The standard InChI is InChI=1S/C14H17N3O3/c1-5-6-10(2)15-12-8-7-11(14(18)16(3)4)9-13(12)17(19)20/h1,7-10,15H,6H2,2-4H3. The Morgan fingerprint density at radius 3 is 2.70 bits per heavy atom. The Bertz CT molecular complexity index is 561. The van der Waals surface area contributed by atoms with Gasteiger partial charge in [0.05, 0.1) is 4.92 Å². The molecule has 6 heteroatoms. The summed E-state index contributed by atoms with van der Waals surface area (Å²) in [6, 6.07) is 4.27. The number of nitrogens with one attached hydrogen (secondary N) is 1. The van der Waals surface area contributed by atoms with E-state index >= 15 is 0 Å². The lowest BCUT2D eigenvalue weighted by atomic mass is 10.1. The average molecular weight is 275 g/mol. The SMILES string of the molecule is C#CCC(C)Nc1ccc(C(=O)N(C)C)cc1[N+](=O)[O-]. The van der Waals surface area contributed by atoms with Crippen LogP contribution in [0.3, 0.4) is 0 Å². The van der Waals surface area contributed by atoms with Crippen molar-refractivity contribution >= 4 is 17.3 Å². The topological polar surface area (TPSA) is 75.5 Å². The molecule has 20 heavy (non-hydrogen) atoms. The minimum atomic E-state index is -0.517. The number of carbonyl (C=O) groups is 1. The summed E-state index contributed by atoms with van der Waals surface area (Å²) in [5.74, 6) is 2.21. The Morgan fingerprint density at radius 2 is 2.20 bits per heavy atom. The Kier molecular flexibility index (Phi) is 5.09. The third kappa shape index (κ3) is 3.72. The Balaban J connectivity index is 3.12. The van der Waals surface area contributed by atoms with Crippen molar-refractivity contribution in [3.63, 3.8) is 0 Å². The van der Waals surface area contributed by atoms with Crippen LogP contribution in [0.2, 0.25) is 0 Å².